The van der Waals surface area contributed by atoms with Crippen molar-refractivity contribution in [3.63, 3.8) is 0 Å². The summed E-state index contributed by atoms with van der Waals surface area (Å²) in [4.78, 5) is 24.1. The van der Waals surface area contributed by atoms with Crippen LogP contribution in [0.15, 0.2) is 48.5 Å². The zero-order valence-corrected chi connectivity index (χ0v) is 17.1. The average molecular weight is 406 g/mol. The van der Waals surface area contributed by atoms with Gasteiger partial charge in [-0.15, -0.1) is 12.4 Å². The normalized spacial score (nSPS) is 11.1. The summed E-state index contributed by atoms with van der Waals surface area (Å²) in [6, 6.07) is 14.5. The Bertz CT molecular complexity index is 766. The van der Waals surface area contributed by atoms with Gasteiger partial charge < -0.3 is 21.1 Å². The van der Waals surface area contributed by atoms with Crippen LogP contribution in [0.25, 0.3) is 0 Å². The first-order chi connectivity index (χ1) is 13.0. The SMILES string of the molecule is CCOc1ccc(C(C)NC(=O)CCCNC(=O)c2ccccc2N)cc1.Cl. The molecule has 1 unspecified atom stereocenters. The van der Waals surface area contributed by atoms with Gasteiger partial charge in [0.05, 0.1) is 18.2 Å². The summed E-state index contributed by atoms with van der Waals surface area (Å²) >= 11 is 0. The summed E-state index contributed by atoms with van der Waals surface area (Å²) in [5, 5.41) is 5.75. The summed E-state index contributed by atoms with van der Waals surface area (Å²) in [5.74, 6) is 0.538. The number of para-hydroxylation sites is 1. The van der Waals surface area contributed by atoms with Crippen LogP contribution in [0.2, 0.25) is 0 Å². The van der Waals surface area contributed by atoms with Gasteiger partial charge >= 0.3 is 0 Å². The number of anilines is 1. The van der Waals surface area contributed by atoms with E-state index in [0.29, 0.717) is 37.2 Å². The second-order valence-corrected chi connectivity index (χ2v) is 6.24. The van der Waals surface area contributed by atoms with Gasteiger partial charge in [0, 0.05) is 18.7 Å². The fourth-order valence-corrected chi connectivity index (χ4v) is 2.67. The maximum Gasteiger partial charge on any atom is 0.253 e. The molecule has 0 aliphatic heterocycles. The zero-order chi connectivity index (χ0) is 19.6. The Morgan fingerprint density at radius 1 is 1.11 bits per heavy atom. The van der Waals surface area contributed by atoms with Gasteiger partial charge in [0.2, 0.25) is 5.91 Å². The Morgan fingerprint density at radius 3 is 2.43 bits per heavy atom. The molecule has 0 aromatic heterocycles. The third-order valence-electron chi connectivity index (χ3n) is 4.14. The van der Waals surface area contributed by atoms with Crippen molar-refractivity contribution in [2.75, 3.05) is 18.9 Å². The van der Waals surface area contributed by atoms with E-state index < -0.39 is 0 Å². The van der Waals surface area contributed by atoms with Crippen molar-refractivity contribution in [3.8, 4) is 5.75 Å². The number of rotatable bonds is 9. The van der Waals surface area contributed by atoms with Gasteiger partial charge in [-0.05, 0) is 50.1 Å². The Hall–Kier alpha value is -2.73. The lowest BCUT2D eigenvalue weighted by atomic mass is 10.1. The lowest BCUT2D eigenvalue weighted by Crippen LogP contribution is -2.29. The average Bonchev–Trinajstić information content (AvgIpc) is 2.66. The second-order valence-electron chi connectivity index (χ2n) is 6.24. The number of benzene rings is 2. The topological polar surface area (TPSA) is 93.5 Å². The Balaban J connectivity index is 0.00000392. The van der Waals surface area contributed by atoms with Gasteiger partial charge in [-0.2, -0.15) is 0 Å². The van der Waals surface area contributed by atoms with E-state index in [9.17, 15) is 9.59 Å². The highest BCUT2D eigenvalue weighted by Crippen LogP contribution is 2.17. The number of halogens is 1. The van der Waals surface area contributed by atoms with Crippen LogP contribution in [0.1, 0.15) is 48.7 Å². The van der Waals surface area contributed by atoms with E-state index in [1.165, 1.54) is 0 Å². The summed E-state index contributed by atoms with van der Waals surface area (Å²) < 4.78 is 5.42. The number of nitrogens with one attached hydrogen (secondary N) is 2. The zero-order valence-electron chi connectivity index (χ0n) is 16.2. The highest BCUT2D eigenvalue weighted by atomic mass is 35.5. The number of nitrogens with two attached hydrogens (primary N) is 1. The van der Waals surface area contributed by atoms with Gasteiger partial charge in [0.15, 0.2) is 0 Å². The molecule has 0 radical (unpaired) electrons. The maximum absolute atomic E-state index is 12.1. The van der Waals surface area contributed by atoms with Gasteiger partial charge in [0.25, 0.3) is 5.91 Å². The molecule has 2 amide bonds. The van der Waals surface area contributed by atoms with E-state index >= 15 is 0 Å². The molecule has 0 fully saturated rings. The number of carbonyl (C=O) groups is 2. The quantitative estimate of drug-likeness (QED) is 0.439. The number of amides is 2. The van der Waals surface area contributed by atoms with Gasteiger partial charge in [-0.25, -0.2) is 0 Å². The maximum atomic E-state index is 12.1. The standard InChI is InChI=1S/C21H27N3O3.ClH/c1-3-27-17-12-10-16(11-13-17)15(2)24-20(25)9-6-14-23-21(26)18-7-4-5-8-19(18)22;/h4-5,7-8,10-13,15H,3,6,9,14,22H2,1-2H3,(H,23,26)(H,24,25);1H. The largest absolute Gasteiger partial charge is 0.494 e. The molecule has 28 heavy (non-hydrogen) atoms. The number of hydrogen-bond donors (Lipinski definition) is 3. The van der Waals surface area contributed by atoms with Gasteiger partial charge in [-0.1, -0.05) is 24.3 Å². The summed E-state index contributed by atoms with van der Waals surface area (Å²) in [6.45, 7) is 4.92. The van der Waals surface area contributed by atoms with Crippen molar-refractivity contribution in [1.82, 2.24) is 10.6 Å². The van der Waals surface area contributed by atoms with E-state index in [0.717, 1.165) is 11.3 Å². The summed E-state index contributed by atoms with van der Waals surface area (Å²) in [6.07, 6.45) is 0.895. The molecule has 0 spiro atoms. The van der Waals surface area contributed by atoms with Crippen molar-refractivity contribution in [3.05, 3.63) is 59.7 Å². The van der Waals surface area contributed by atoms with Crippen molar-refractivity contribution in [2.45, 2.75) is 32.7 Å². The molecule has 1 atom stereocenters. The number of ether oxygens (including phenoxy) is 1. The molecule has 2 aromatic rings. The summed E-state index contributed by atoms with van der Waals surface area (Å²) in [7, 11) is 0. The van der Waals surface area contributed by atoms with Crippen LogP contribution < -0.4 is 21.1 Å². The van der Waals surface area contributed by atoms with Crippen LogP contribution >= 0.6 is 12.4 Å². The van der Waals surface area contributed by atoms with Crippen molar-refractivity contribution < 1.29 is 14.3 Å². The monoisotopic (exact) mass is 405 g/mol. The second kappa shape index (κ2) is 11.9. The minimum atomic E-state index is -0.226. The third kappa shape index (κ3) is 7.12. The predicted molar refractivity (Wildman–Crippen MR) is 114 cm³/mol. The highest BCUT2D eigenvalue weighted by Gasteiger charge is 2.11. The van der Waals surface area contributed by atoms with E-state index in [1.807, 2.05) is 38.1 Å². The minimum Gasteiger partial charge on any atom is -0.494 e. The van der Waals surface area contributed by atoms with Crippen molar-refractivity contribution in [2.24, 2.45) is 0 Å². The molecule has 0 heterocycles. The molecule has 0 saturated carbocycles. The van der Waals surface area contributed by atoms with Crippen LogP contribution in [0.5, 0.6) is 5.75 Å². The fourth-order valence-electron chi connectivity index (χ4n) is 2.67. The lowest BCUT2D eigenvalue weighted by molar-refractivity contribution is -0.121. The highest BCUT2D eigenvalue weighted by molar-refractivity contribution is 5.99. The fraction of sp³-hybridized carbons (Fsp3) is 0.333. The van der Waals surface area contributed by atoms with Crippen LogP contribution in [0.3, 0.4) is 0 Å². The molecular formula is C21H28ClN3O3. The molecule has 2 aromatic carbocycles. The molecule has 0 saturated heterocycles. The molecule has 0 aliphatic rings. The van der Waals surface area contributed by atoms with Crippen molar-refractivity contribution >= 4 is 29.9 Å². The molecule has 152 valence electrons. The molecule has 7 heteroatoms. The molecule has 2 rings (SSSR count). The molecule has 6 nitrogen and oxygen atoms in total. The molecule has 0 aliphatic carbocycles. The van der Waals surface area contributed by atoms with Crippen molar-refractivity contribution in [1.29, 1.82) is 0 Å². The molecular weight excluding hydrogens is 378 g/mol. The Morgan fingerprint density at radius 2 is 1.79 bits per heavy atom. The first kappa shape index (κ1) is 23.3. The van der Waals surface area contributed by atoms with E-state index in [4.69, 9.17) is 10.5 Å². The van der Waals surface area contributed by atoms with Crippen LogP contribution in [0, 0.1) is 0 Å². The summed E-state index contributed by atoms with van der Waals surface area (Å²) in [5.41, 5.74) is 7.68. The van der Waals surface area contributed by atoms with E-state index in [2.05, 4.69) is 10.6 Å². The van der Waals surface area contributed by atoms with E-state index in [-0.39, 0.29) is 30.3 Å². The van der Waals surface area contributed by atoms with Crippen LogP contribution in [-0.4, -0.2) is 25.0 Å². The van der Waals surface area contributed by atoms with Crippen LogP contribution in [-0.2, 0) is 4.79 Å². The number of nitrogen functional groups attached to an aromatic ring is 1. The van der Waals surface area contributed by atoms with Gasteiger partial charge in [-0.3, -0.25) is 9.59 Å². The minimum absolute atomic E-state index is 0. The van der Waals surface area contributed by atoms with E-state index in [1.54, 1.807) is 24.3 Å². The smallest absolute Gasteiger partial charge is 0.253 e. The lowest BCUT2D eigenvalue weighted by Gasteiger charge is -2.15. The van der Waals surface area contributed by atoms with Gasteiger partial charge in [0.1, 0.15) is 5.75 Å². The number of carbonyl (C=O) groups excluding carboxylic acids is 2. The third-order valence-corrected chi connectivity index (χ3v) is 4.14. The first-order valence-corrected chi connectivity index (χ1v) is 9.16. The van der Waals surface area contributed by atoms with Crippen LogP contribution in [0.4, 0.5) is 5.69 Å². The Labute approximate surface area is 172 Å². The predicted octanol–water partition coefficient (Wildman–Crippen LogP) is 3.48. The number of hydrogen-bond acceptors (Lipinski definition) is 4. The molecule has 4 N–H and O–H groups in total. The molecule has 0 bridgehead atoms. The Kier molecular flexibility index (Phi) is 9.88. The first-order valence-electron chi connectivity index (χ1n) is 9.16.